The molecular weight excluding hydrogens is 290 g/mol. The molecule has 3 aromatic rings. The highest BCUT2D eigenvalue weighted by atomic mass is 16.5. The molecule has 0 bridgehead atoms. The minimum Gasteiger partial charge on any atom is -0.496 e. The van der Waals surface area contributed by atoms with E-state index in [1.807, 2.05) is 37.3 Å². The van der Waals surface area contributed by atoms with Gasteiger partial charge in [0, 0.05) is 16.5 Å². The third-order valence-electron chi connectivity index (χ3n) is 3.85. The molecule has 0 aliphatic carbocycles. The molecule has 23 heavy (non-hydrogen) atoms. The summed E-state index contributed by atoms with van der Waals surface area (Å²) >= 11 is 0. The molecule has 0 saturated heterocycles. The van der Waals surface area contributed by atoms with E-state index in [0.717, 1.165) is 16.5 Å². The fraction of sp³-hybridized carbons (Fsp3) is 0.158. The third kappa shape index (κ3) is 2.75. The Labute approximate surface area is 134 Å². The first-order valence-electron chi connectivity index (χ1n) is 7.27. The second-order valence-corrected chi connectivity index (χ2v) is 5.22. The van der Waals surface area contributed by atoms with Crippen molar-refractivity contribution in [2.45, 2.75) is 6.92 Å². The third-order valence-corrected chi connectivity index (χ3v) is 3.85. The standard InChI is InChI=1S/C19H17NO3/c1-12-17(22-2)10-14(11-18(12)23-3)19(21)16-9-8-13-6-4-5-7-15(13)20-16/h4-11H,1-3H3. The van der Waals surface area contributed by atoms with Crippen LogP contribution in [0.15, 0.2) is 48.5 Å². The number of fused-ring (bicyclic) bond motifs is 1. The van der Waals surface area contributed by atoms with Gasteiger partial charge in [0.25, 0.3) is 0 Å². The van der Waals surface area contributed by atoms with Gasteiger partial charge in [-0.1, -0.05) is 24.3 Å². The Kier molecular flexibility index (Phi) is 3.98. The second kappa shape index (κ2) is 6.08. The maximum Gasteiger partial charge on any atom is 0.211 e. The molecule has 0 spiro atoms. The highest BCUT2D eigenvalue weighted by Crippen LogP contribution is 2.30. The first kappa shape index (κ1) is 15.0. The van der Waals surface area contributed by atoms with Crippen LogP contribution in [0.1, 0.15) is 21.6 Å². The Morgan fingerprint density at radius 3 is 2.26 bits per heavy atom. The lowest BCUT2D eigenvalue weighted by atomic mass is 10.0. The zero-order chi connectivity index (χ0) is 16.4. The lowest BCUT2D eigenvalue weighted by Crippen LogP contribution is -2.06. The van der Waals surface area contributed by atoms with Crippen molar-refractivity contribution in [1.29, 1.82) is 0 Å². The Hall–Kier alpha value is -2.88. The van der Waals surface area contributed by atoms with E-state index in [9.17, 15) is 4.79 Å². The summed E-state index contributed by atoms with van der Waals surface area (Å²) in [5.41, 5.74) is 2.55. The summed E-state index contributed by atoms with van der Waals surface area (Å²) in [7, 11) is 3.15. The zero-order valence-corrected chi connectivity index (χ0v) is 13.3. The van der Waals surface area contributed by atoms with E-state index >= 15 is 0 Å². The van der Waals surface area contributed by atoms with Gasteiger partial charge in [-0.3, -0.25) is 4.79 Å². The summed E-state index contributed by atoms with van der Waals surface area (Å²) in [5.74, 6) is 1.08. The molecule has 0 aliphatic rings. The average molecular weight is 307 g/mol. The number of ether oxygens (including phenoxy) is 2. The van der Waals surface area contributed by atoms with Gasteiger partial charge in [-0.2, -0.15) is 0 Å². The second-order valence-electron chi connectivity index (χ2n) is 5.22. The predicted molar refractivity (Wildman–Crippen MR) is 89.5 cm³/mol. The fourth-order valence-corrected chi connectivity index (χ4v) is 2.56. The van der Waals surface area contributed by atoms with Gasteiger partial charge in [-0.25, -0.2) is 4.98 Å². The van der Waals surface area contributed by atoms with Crippen molar-refractivity contribution in [2.75, 3.05) is 14.2 Å². The molecule has 2 aromatic carbocycles. The number of nitrogens with zero attached hydrogens (tertiary/aromatic N) is 1. The van der Waals surface area contributed by atoms with Crippen molar-refractivity contribution in [3.63, 3.8) is 0 Å². The van der Waals surface area contributed by atoms with E-state index in [0.29, 0.717) is 22.8 Å². The molecule has 4 heteroatoms. The SMILES string of the molecule is COc1cc(C(=O)c2ccc3ccccc3n2)cc(OC)c1C. The van der Waals surface area contributed by atoms with Crippen molar-refractivity contribution >= 4 is 16.7 Å². The molecule has 3 rings (SSSR count). The zero-order valence-electron chi connectivity index (χ0n) is 13.3. The molecule has 0 radical (unpaired) electrons. The Bertz CT molecular complexity index is 862. The molecule has 1 aromatic heterocycles. The minimum atomic E-state index is -0.160. The summed E-state index contributed by atoms with van der Waals surface area (Å²) in [4.78, 5) is 17.2. The molecule has 0 aliphatic heterocycles. The van der Waals surface area contributed by atoms with Gasteiger partial charge < -0.3 is 9.47 Å². The van der Waals surface area contributed by atoms with E-state index in [1.54, 1.807) is 32.4 Å². The van der Waals surface area contributed by atoms with Crippen LogP contribution in [-0.4, -0.2) is 25.0 Å². The number of benzene rings is 2. The number of ketones is 1. The predicted octanol–water partition coefficient (Wildman–Crippen LogP) is 3.79. The van der Waals surface area contributed by atoms with Crippen LogP contribution >= 0.6 is 0 Å². The topological polar surface area (TPSA) is 48.4 Å². The van der Waals surface area contributed by atoms with E-state index in [1.165, 1.54) is 0 Å². The van der Waals surface area contributed by atoms with Crippen LogP contribution in [0.25, 0.3) is 10.9 Å². The molecule has 0 fully saturated rings. The molecule has 0 atom stereocenters. The number of carbonyl (C=O) groups is 1. The summed E-state index contributed by atoms with van der Waals surface area (Å²) in [6.07, 6.45) is 0. The fourth-order valence-electron chi connectivity index (χ4n) is 2.56. The molecule has 0 unspecified atom stereocenters. The van der Waals surface area contributed by atoms with E-state index in [2.05, 4.69) is 4.98 Å². The number of pyridine rings is 1. The van der Waals surface area contributed by atoms with E-state index in [4.69, 9.17) is 9.47 Å². The summed E-state index contributed by atoms with van der Waals surface area (Å²) in [6.45, 7) is 1.89. The van der Waals surface area contributed by atoms with Crippen LogP contribution < -0.4 is 9.47 Å². The maximum absolute atomic E-state index is 12.8. The van der Waals surface area contributed by atoms with Gasteiger partial charge in [0.1, 0.15) is 17.2 Å². The van der Waals surface area contributed by atoms with Crippen LogP contribution in [0.2, 0.25) is 0 Å². The number of aromatic nitrogens is 1. The first-order chi connectivity index (χ1) is 11.1. The van der Waals surface area contributed by atoms with Crippen molar-refractivity contribution in [3.8, 4) is 11.5 Å². The largest absolute Gasteiger partial charge is 0.496 e. The van der Waals surface area contributed by atoms with E-state index in [-0.39, 0.29) is 5.78 Å². The summed E-state index contributed by atoms with van der Waals surface area (Å²) < 4.78 is 10.7. The highest BCUT2D eigenvalue weighted by molar-refractivity contribution is 6.09. The van der Waals surface area contributed by atoms with Gasteiger partial charge >= 0.3 is 0 Å². The van der Waals surface area contributed by atoms with Crippen LogP contribution in [0.3, 0.4) is 0 Å². The Morgan fingerprint density at radius 2 is 1.61 bits per heavy atom. The highest BCUT2D eigenvalue weighted by Gasteiger charge is 2.16. The van der Waals surface area contributed by atoms with Gasteiger partial charge in [0.2, 0.25) is 5.78 Å². The Morgan fingerprint density at radius 1 is 0.957 bits per heavy atom. The minimum absolute atomic E-state index is 0.160. The quantitative estimate of drug-likeness (QED) is 0.688. The number of hydrogen-bond donors (Lipinski definition) is 0. The molecule has 0 saturated carbocycles. The average Bonchev–Trinajstić information content (AvgIpc) is 2.61. The molecule has 0 N–H and O–H groups in total. The summed E-state index contributed by atoms with van der Waals surface area (Å²) in [6, 6.07) is 14.8. The number of rotatable bonds is 4. The number of hydrogen-bond acceptors (Lipinski definition) is 4. The summed E-state index contributed by atoms with van der Waals surface area (Å²) in [5, 5.41) is 1.00. The van der Waals surface area contributed by atoms with Crippen molar-refractivity contribution < 1.29 is 14.3 Å². The lowest BCUT2D eigenvalue weighted by Gasteiger charge is -2.12. The molecule has 0 amide bonds. The molecule has 1 heterocycles. The number of para-hydroxylation sites is 1. The number of methoxy groups -OCH3 is 2. The van der Waals surface area contributed by atoms with Crippen molar-refractivity contribution in [3.05, 3.63) is 65.4 Å². The van der Waals surface area contributed by atoms with E-state index < -0.39 is 0 Å². The van der Waals surface area contributed by atoms with Gasteiger partial charge in [0.05, 0.1) is 19.7 Å². The van der Waals surface area contributed by atoms with Crippen LogP contribution in [0.4, 0.5) is 0 Å². The monoisotopic (exact) mass is 307 g/mol. The molecule has 4 nitrogen and oxygen atoms in total. The van der Waals surface area contributed by atoms with Crippen LogP contribution in [0.5, 0.6) is 11.5 Å². The smallest absolute Gasteiger partial charge is 0.211 e. The van der Waals surface area contributed by atoms with Crippen molar-refractivity contribution in [1.82, 2.24) is 4.98 Å². The van der Waals surface area contributed by atoms with Crippen LogP contribution in [-0.2, 0) is 0 Å². The van der Waals surface area contributed by atoms with Gasteiger partial charge in [-0.05, 0) is 31.2 Å². The molecular formula is C19H17NO3. The lowest BCUT2D eigenvalue weighted by molar-refractivity contribution is 0.103. The first-order valence-corrected chi connectivity index (χ1v) is 7.27. The normalized spacial score (nSPS) is 10.6. The molecule has 116 valence electrons. The van der Waals surface area contributed by atoms with Crippen LogP contribution in [0, 0.1) is 6.92 Å². The maximum atomic E-state index is 12.8. The van der Waals surface area contributed by atoms with Gasteiger partial charge in [-0.15, -0.1) is 0 Å². The van der Waals surface area contributed by atoms with Gasteiger partial charge in [0.15, 0.2) is 0 Å². The van der Waals surface area contributed by atoms with Crippen molar-refractivity contribution in [2.24, 2.45) is 0 Å². The number of carbonyl (C=O) groups excluding carboxylic acids is 1. The Balaban J connectivity index is 2.08.